The number of hydrogen-bond donors (Lipinski definition) is 1. The largest absolute Gasteiger partial charge is 0.491 e. The minimum atomic E-state index is -3.55. The van der Waals surface area contributed by atoms with Crippen LogP contribution in [0.5, 0.6) is 5.75 Å². The highest BCUT2D eigenvalue weighted by Crippen LogP contribution is 2.14. The number of rotatable bonds is 14. The average molecular weight is 404 g/mol. The molecule has 1 aromatic carbocycles. The second kappa shape index (κ2) is 12.3. The summed E-state index contributed by atoms with van der Waals surface area (Å²) in [7, 11) is -3.55. The van der Waals surface area contributed by atoms with Crippen LogP contribution in [0.25, 0.3) is 0 Å². The number of ether oxygens (including phenoxy) is 3. The van der Waals surface area contributed by atoms with Crippen LogP contribution in [0.15, 0.2) is 24.3 Å². The van der Waals surface area contributed by atoms with Gasteiger partial charge in [0, 0.05) is 12.6 Å². The highest BCUT2D eigenvalue weighted by Gasteiger charge is 2.17. The van der Waals surface area contributed by atoms with E-state index >= 15 is 0 Å². The predicted octanol–water partition coefficient (Wildman–Crippen LogP) is 2.35. The maximum Gasteiger partial charge on any atom is 0.264 e. The Labute approximate surface area is 163 Å². The Kier molecular flexibility index (Phi) is 10.9. The van der Waals surface area contributed by atoms with E-state index in [0.29, 0.717) is 32.1 Å². The van der Waals surface area contributed by atoms with Crippen molar-refractivity contribution in [2.24, 2.45) is 0 Å². The maximum atomic E-state index is 11.4. The molecule has 1 rings (SSSR count). The maximum absolute atomic E-state index is 11.4. The van der Waals surface area contributed by atoms with Gasteiger partial charge in [0.1, 0.15) is 18.5 Å². The third-order valence-corrected chi connectivity index (χ3v) is 3.99. The van der Waals surface area contributed by atoms with Crippen LogP contribution in [0, 0.1) is 0 Å². The van der Waals surface area contributed by atoms with Crippen LogP contribution in [0.1, 0.15) is 33.3 Å². The van der Waals surface area contributed by atoms with Crippen LogP contribution >= 0.6 is 0 Å². The van der Waals surface area contributed by atoms with Gasteiger partial charge in [0.25, 0.3) is 10.1 Å². The molecule has 1 aromatic rings. The lowest BCUT2D eigenvalue weighted by molar-refractivity contribution is 0.0143. The Morgan fingerprint density at radius 2 is 1.70 bits per heavy atom. The van der Waals surface area contributed by atoms with Gasteiger partial charge in [-0.15, -0.1) is 0 Å². The highest BCUT2D eigenvalue weighted by molar-refractivity contribution is 7.86. The summed E-state index contributed by atoms with van der Waals surface area (Å²) < 4.78 is 44.5. The van der Waals surface area contributed by atoms with Gasteiger partial charge in [0.2, 0.25) is 0 Å². The molecule has 1 unspecified atom stereocenters. The second-order valence-electron chi connectivity index (χ2n) is 6.91. The van der Waals surface area contributed by atoms with Crippen molar-refractivity contribution in [2.45, 2.75) is 52.6 Å². The van der Waals surface area contributed by atoms with Gasteiger partial charge in [-0.05, 0) is 31.5 Å². The molecule has 0 fully saturated rings. The highest BCUT2D eigenvalue weighted by atomic mass is 32.2. The molecule has 156 valence electrons. The first-order valence-corrected chi connectivity index (χ1v) is 11.0. The number of nitrogens with one attached hydrogen (secondary N) is 1. The minimum Gasteiger partial charge on any atom is -0.491 e. The van der Waals surface area contributed by atoms with E-state index in [9.17, 15) is 8.42 Å². The minimum absolute atomic E-state index is 0.134. The molecule has 0 amide bonds. The first-order valence-electron chi connectivity index (χ1n) is 9.18. The predicted molar refractivity (Wildman–Crippen MR) is 106 cm³/mol. The van der Waals surface area contributed by atoms with Gasteiger partial charge in [-0.25, -0.2) is 0 Å². The molecule has 0 heterocycles. The third-order valence-electron chi connectivity index (χ3n) is 3.37. The van der Waals surface area contributed by atoms with E-state index in [1.165, 1.54) is 0 Å². The molecule has 27 heavy (non-hydrogen) atoms. The molecule has 0 aliphatic heterocycles. The zero-order valence-corrected chi connectivity index (χ0v) is 17.8. The Hall–Kier alpha value is -1.19. The van der Waals surface area contributed by atoms with Gasteiger partial charge in [-0.1, -0.05) is 26.0 Å². The van der Waals surface area contributed by atoms with Gasteiger partial charge in [-0.2, -0.15) is 8.42 Å². The summed E-state index contributed by atoms with van der Waals surface area (Å²) in [5.41, 5.74) is 1.03. The molecule has 0 bridgehead atoms. The molecule has 0 saturated carbocycles. The van der Waals surface area contributed by atoms with Crippen LogP contribution in [0.2, 0.25) is 0 Å². The van der Waals surface area contributed by atoms with Gasteiger partial charge in [0.05, 0.1) is 32.2 Å². The van der Waals surface area contributed by atoms with Gasteiger partial charge in [0.15, 0.2) is 0 Å². The molecule has 0 aromatic heterocycles. The van der Waals surface area contributed by atoms with E-state index in [1.807, 2.05) is 52.0 Å². The molecule has 7 nitrogen and oxygen atoms in total. The molecule has 0 saturated heterocycles. The fourth-order valence-corrected chi connectivity index (χ4v) is 2.76. The molecular weight excluding hydrogens is 370 g/mol. The summed E-state index contributed by atoms with van der Waals surface area (Å²) in [6, 6.07) is 7.71. The smallest absolute Gasteiger partial charge is 0.264 e. The first-order chi connectivity index (χ1) is 12.7. The Balaban J connectivity index is 2.42. The average Bonchev–Trinajstić information content (AvgIpc) is 2.56. The number of benzene rings is 1. The van der Waals surface area contributed by atoms with Gasteiger partial charge in [-0.3, -0.25) is 4.18 Å². The second-order valence-corrected chi connectivity index (χ2v) is 8.51. The molecule has 0 aliphatic carbocycles. The van der Waals surface area contributed by atoms with Crippen molar-refractivity contribution in [2.75, 3.05) is 32.6 Å². The Bertz CT molecular complexity index is 616. The van der Waals surface area contributed by atoms with Crippen LogP contribution in [0.3, 0.4) is 0 Å². The summed E-state index contributed by atoms with van der Waals surface area (Å²) >= 11 is 0. The van der Waals surface area contributed by atoms with E-state index in [-0.39, 0.29) is 18.8 Å². The van der Waals surface area contributed by atoms with Crippen molar-refractivity contribution >= 4 is 10.1 Å². The lowest BCUT2D eigenvalue weighted by Crippen LogP contribution is -2.38. The van der Waals surface area contributed by atoms with E-state index < -0.39 is 16.2 Å². The lowest BCUT2D eigenvalue weighted by atomic mass is 10.2. The SMILES string of the molecule is CC(C)NCC(COc1ccc(COCCOC(C)C)cc1)OS(C)(=O)=O. The zero-order chi connectivity index (χ0) is 20.3. The standard InChI is InChI=1S/C19H33NO6S/c1-15(2)20-12-19(26-27(5,21)22)14-25-18-8-6-17(7-9-18)13-23-10-11-24-16(3)4/h6-9,15-16,19-20H,10-14H2,1-5H3. The molecule has 1 atom stereocenters. The molecule has 0 spiro atoms. The molecule has 1 N–H and O–H groups in total. The normalized spacial score (nSPS) is 13.3. The van der Waals surface area contributed by atoms with Crippen LogP contribution in [0.4, 0.5) is 0 Å². The molecule has 0 aliphatic rings. The Morgan fingerprint density at radius 3 is 2.26 bits per heavy atom. The summed E-state index contributed by atoms with van der Waals surface area (Å²) in [6.07, 6.45) is 0.652. The van der Waals surface area contributed by atoms with E-state index in [4.69, 9.17) is 18.4 Å². The van der Waals surface area contributed by atoms with Crippen molar-refractivity contribution in [3.8, 4) is 5.75 Å². The fraction of sp³-hybridized carbons (Fsp3) is 0.684. The van der Waals surface area contributed by atoms with Crippen molar-refractivity contribution < 1.29 is 26.8 Å². The van der Waals surface area contributed by atoms with Crippen molar-refractivity contribution in [1.29, 1.82) is 0 Å². The quantitative estimate of drug-likeness (QED) is 0.377. The van der Waals surface area contributed by atoms with Crippen molar-refractivity contribution in [3.63, 3.8) is 0 Å². The van der Waals surface area contributed by atoms with E-state index in [1.54, 1.807) is 0 Å². The summed E-state index contributed by atoms with van der Waals surface area (Å²) in [5.74, 6) is 0.647. The Morgan fingerprint density at radius 1 is 1.04 bits per heavy atom. The zero-order valence-electron chi connectivity index (χ0n) is 16.9. The van der Waals surface area contributed by atoms with Crippen LogP contribution in [-0.2, 0) is 30.4 Å². The summed E-state index contributed by atoms with van der Waals surface area (Å²) in [4.78, 5) is 0. The summed E-state index contributed by atoms with van der Waals surface area (Å²) in [5, 5.41) is 3.16. The van der Waals surface area contributed by atoms with Crippen molar-refractivity contribution in [3.05, 3.63) is 29.8 Å². The fourth-order valence-electron chi connectivity index (χ4n) is 2.14. The lowest BCUT2D eigenvalue weighted by Gasteiger charge is -2.19. The number of hydrogen-bond acceptors (Lipinski definition) is 7. The monoisotopic (exact) mass is 403 g/mol. The summed E-state index contributed by atoms with van der Waals surface area (Å²) in [6.45, 7) is 10.1. The van der Waals surface area contributed by atoms with Crippen LogP contribution in [-0.4, -0.2) is 59.3 Å². The molecular formula is C19H33NO6S. The third kappa shape index (κ3) is 12.8. The van der Waals surface area contributed by atoms with E-state index in [0.717, 1.165) is 11.8 Å². The first kappa shape index (κ1) is 23.8. The van der Waals surface area contributed by atoms with Gasteiger partial charge >= 0.3 is 0 Å². The van der Waals surface area contributed by atoms with Gasteiger partial charge < -0.3 is 19.5 Å². The van der Waals surface area contributed by atoms with Crippen LogP contribution < -0.4 is 10.1 Å². The van der Waals surface area contributed by atoms with Crippen molar-refractivity contribution in [1.82, 2.24) is 5.32 Å². The molecule has 8 heteroatoms. The van der Waals surface area contributed by atoms with E-state index in [2.05, 4.69) is 5.32 Å². The molecule has 0 radical (unpaired) electrons. The topological polar surface area (TPSA) is 83.1 Å².